The maximum atomic E-state index is 14.1. The van der Waals surface area contributed by atoms with Crippen LogP contribution in [0.5, 0.6) is 5.75 Å². The van der Waals surface area contributed by atoms with Crippen molar-refractivity contribution in [3.8, 4) is 34.2 Å². The standard InChI is InChI=1S/C37H31ClN6O5/c1-43-21-30(34(42-43)29-19-27(38)13-16-32(29)45)24-11-14-28(15-12-24)40-36(47)31-22-49-18-17-44(31)37(48)33(25-5-3-2-4-6-25)41-35(46)26-9-7-23(20-39)8-10-26/h2-16,19,21,31,33,45H,17-18,22H2,1H3,(H,40,47)(H,41,46)/t31-,33+/m0/s1. The molecule has 1 aliphatic rings. The van der Waals surface area contributed by atoms with Crippen LogP contribution in [-0.4, -0.2) is 63.3 Å². The van der Waals surface area contributed by atoms with Gasteiger partial charge in [0.15, 0.2) is 0 Å². The van der Waals surface area contributed by atoms with Gasteiger partial charge in [0, 0.05) is 47.2 Å². The maximum absolute atomic E-state index is 14.1. The van der Waals surface area contributed by atoms with Gasteiger partial charge in [-0.1, -0.05) is 54.1 Å². The van der Waals surface area contributed by atoms with E-state index in [2.05, 4.69) is 15.7 Å². The summed E-state index contributed by atoms with van der Waals surface area (Å²) in [6.45, 7) is 0.347. The molecule has 1 fully saturated rings. The van der Waals surface area contributed by atoms with Crippen molar-refractivity contribution in [1.82, 2.24) is 20.0 Å². The molecule has 4 aromatic carbocycles. The number of halogens is 1. The van der Waals surface area contributed by atoms with Crippen molar-refractivity contribution < 1.29 is 24.2 Å². The lowest BCUT2D eigenvalue weighted by atomic mass is 10.0. The van der Waals surface area contributed by atoms with Gasteiger partial charge in [-0.3, -0.25) is 19.1 Å². The van der Waals surface area contributed by atoms with Gasteiger partial charge in [0.2, 0.25) is 5.91 Å². The van der Waals surface area contributed by atoms with Crippen molar-refractivity contribution in [3.63, 3.8) is 0 Å². The van der Waals surface area contributed by atoms with Gasteiger partial charge >= 0.3 is 0 Å². The first kappa shape index (κ1) is 33.0. The molecule has 0 saturated carbocycles. The number of hydrogen-bond acceptors (Lipinski definition) is 7. The van der Waals surface area contributed by atoms with Crippen LogP contribution in [-0.2, 0) is 21.4 Å². The minimum atomic E-state index is -1.08. The lowest BCUT2D eigenvalue weighted by molar-refractivity contribution is -0.148. The summed E-state index contributed by atoms with van der Waals surface area (Å²) in [7, 11) is 1.78. The number of ether oxygens (including phenoxy) is 1. The molecule has 3 N–H and O–H groups in total. The predicted molar refractivity (Wildman–Crippen MR) is 184 cm³/mol. The van der Waals surface area contributed by atoms with E-state index in [1.807, 2.05) is 24.4 Å². The second kappa shape index (κ2) is 14.4. The van der Waals surface area contributed by atoms with Crippen molar-refractivity contribution in [2.45, 2.75) is 12.1 Å². The Kier molecular flexibility index (Phi) is 9.71. The number of phenols is 1. The largest absolute Gasteiger partial charge is 0.507 e. The lowest BCUT2D eigenvalue weighted by Gasteiger charge is -2.37. The highest BCUT2D eigenvalue weighted by atomic mass is 35.5. The number of hydrogen-bond donors (Lipinski definition) is 3. The van der Waals surface area contributed by atoms with Crippen LogP contribution in [0.4, 0.5) is 5.69 Å². The van der Waals surface area contributed by atoms with Gasteiger partial charge in [0.25, 0.3) is 11.8 Å². The van der Waals surface area contributed by atoms with Crippen LogP contribution in [0, 0.1) is 11.3 Å². The summed E-state index contributed by atoms with van der Waals surface area (Å²) in [6, 6.07) is 26.8. The Balaban J connectivity index is 1.20. The van der Waals surface area contributed by atoms with Crippen molar-refractivity contribution in [1.29, 1.82) is 5.26 Å². The molecular weight excluding hydrogens is 644 g/mol. The molecule has 0 aliphatic carbocycles. The number of amides is 3. The number of aromatic nitrogens is 2. The van der Waals surface area contributed by atoms with E-state index in [0.29, 0.717) is 33.1 Å². The van der Waals surface area contributed by atoms with E-state index in [1.54, 1.807) is 66.3 Å². The average molecular weight is 675 g/mol. The van der Waals surface area contributed by atoms with Crippen molar-refractivity contribution in [2.24, 2.45) is 7.05 Å². The number of aromatic hydroxyl groups is 1. The quantitative estimate of drug-likeness (QED) is 0.202. The summed E-state index contributed by atoms with van der Waals surface area (Å²) in [6.07, 6.45) is 1.83. The third-order valence-electron chi connectivity index (χ3n) is 8.15. The van der Waals surface area contributed by atoms with Gasteiger partial charge in [-0.25, -0.2) is 0 Å². The van der Waals surface area contributed by atoms with E-state index >= 15 is 0 Å². The number of morpholine rings is 1. The number of aryl methyl sites for hydroxylation is 1. The summed E-state index contributed by atoms with van der Waals surface area (Å²) in [5.41, 5.74) is 4.33. The highest BCUT2D eigenvalue weighted by Crippen LogP contribution is 2.37. The first-order valence-electron chi connectivity index (χ1n) is 15.4. The summed E-state index contributed by atoms with van der Waals surface area (Å²) in [4.78, 5) is 42.5. The summed E-state index contributed by atoms with van der Waals surface area (Å²) >= 11 is 6.19. The van der Waals surface area contributed by atoms with E-state index in [9.17, 15) is 19.5 Å². The molecule has 5 aromatic rings. The summed E-state index contributed by atoms with van der Waals surface area (Å²) in [5, 5.41) is 30.3. The zero-order valence-electron chi connectivity index (χ0n) is 26.3. The Morgan fingerprint density at radius 1 is 1.00 bits per heavy atom. The molecule has 12 heteroatoms. The number of anilines is 1. The second-order valence-corrected chi connectivity index (χ2v) is 11.9. The molecule has 0 radical (unpaired) electrons. The minimum Gasteiger partial charge on any atom is -0.507 e. The minimum absolute atomic E-state index is 0.0249. The molecule has 49 heavy (non-hydrogen) atoms. The van der Waals surface area contributed by atoms with Gasteiger partial charge in [0.1, 0.15) is 23.5 Å². The third-order valence-corrected chi connectivity index (χ3v) is 8.39. The molecule has 2 heterocycles. The van der Waals surface area contributed by atoms with Crippen molar-refractivity contribution in [2.75, 3.05) is 25.1 Å². The Hall–Kier alpha value is -5.96. The average Bonchev–Trinajstić information content (AvgIpc) is 3.53. The fraction of sp³-hybridized carbons (Fsp3) is 0.162. The Labute approximate surface area is 287 Å². The summed E-state index contributed by atoms with van der Waals surface area (Å²) < 4.78 is 7.27. The topological polar surface area (TPSA) is 150 Å². The van der Waals surface area contributed by atoms with Gasteiger partial charge in [0.05, 0.1) is 24.8 Å². The van der Waals surface area contributed by atoms with E-state index in [1.165, 1.54) is 35.2 Å². The zero-order chi connectivity index (χ0) is 34.5. The van der Waals surface area contributed by atoms with Gasteiger partial charge in [-0.15, -0.1) is 0 Å². The summed E-state index contributed by atoms with van der Waals surface area (Å²) in [5.74, 6) is -1.36. The highest BCUT2D eigenvalue weighted by molar-refractivity contribution is 6.31. The number of carbonyl (C=O) groups is 3. The number of nitrogens with zero attached hydrogens (tertiary/aromatic N) is 4. The lowest BCUT2D eigenvalue weighted by Crippen LogP contribution is -2.57. The molecular formula is C37H31ClN6O5. The monoisotopic (exact) mass is 674 g/mol. The molecule has 11 nitrogen and oxygen atoms in total. The van der Waals surface area contributed by atoms with E-state index < -0.39 is 29.8 Å². The number of nitrogens with one attached hydrogen (secondary N) is 2. The van der Waals surface area contributed by atoms with Crippen LogP contribution >= 0.6 is 11.6 Å². The number of rotatable bonds is 8. The fourth-order valence-corrected chi connectivity index (χ4v) is 5.82. The van der Waals surface area contributed by atoms with Crippen LogP contribution in [0.25, 0.3) is 22.4 Å². The van der Waals surface area contributed by atoms with Gasteiger partial charge < -0.3 is 25.4 Å². The normalized spacial score (nSPS) is 14.8. The van der Waals surface area contributed by atoms with Crippen LogP contribution < -0.4 is 10.6 Å². The van der Waals surface area contributed by atoms with Gasteiger partial charge in [-0.2, -0.15) is 10.4 Å². The van der Waals surface area contributed by atoms with Gasteiger partial charge in [-0.05, 0) is 65.7 Å². The smallest absolute Gasteiger partial charge is 0.252 e. The zero-order valence-corrected chi connectivity index (χ0v) is 27.1. The van der Waals surface area contributed by atoms with E-state index in [-0.39, 0.29) is 31.1 Å². The molecule has 1 aromatic heterocycles. The molecule has 1 aliphatic heterocycles. The number of phenolic OH excluding ortho intramolecular Hbond substituents is 1. The molecule has 3 amide bonds. The van der Waals surface area contributed by atoms with Crippen LogP contribution in [0.15, 0.2) is 103 Å². The molecule has 246 valence electrons. The highest BCUT2D eigenvalue weighted by Gasteiger charge is 2.37. The van der Waals surface area contributed by atoms with Crippen LogP contribution in [0.2, 0.25) is 5.02 Å². The first-order valence-corrected chi connectivity index (χ1v) is 15.8. The first-order chi connectivity index (χ1) is 23.7. The molecule has 0 spiro atoms. The van der Waals surface area contributed by atoms with Crippen molar-refractivity contribution >= 4 is 35.0 Å². The van der Waals surface area contributed by atoms with Crippen LogP contribution in [0.1, 0.15) is 27.5 Å². The molecule has 1 saturated heterocycles. The predicted octanol–water partition coefficient (Wildman–Crippen LogP) is 5.32. The van der Waals surface area contributed by atoms with Crippen LogP contribution in [0.3, 0.4) is 0 Å². The number of carbonyl (C=O) groups excluding carboxylic acids is 3. The molecule has 6 rings (SSSR count). The second-order valence-electron chi connectivity index (χ2n) is 11.4. The third kappa shape index (κ3) is 7.31. The fourth-order valence-electron chi connectivity index (χ4n) is 5.65. The van der Waals surface area contributed by atoms with E-state index in [0.717, 1.165) is 11.1 Å². The molecule has 2 atom stereocenters. The number of benzene rings is 4. The molecule has 0 bridgehead atoms. The maximum Gasteiger partial charge on any atom is 0.252 e. The number of nitriles is 1. The Morgan fingerprint density at radius 2 is 1.73 bits per heavy atom. The van der Waals surface area contributed by atoms with Crippen molar-refractivity contribution in [3.05, 3.63) is 125 Å². The molecule has 0 unspecified atom stereocenters. The van der Waals surface area contributed by atoms with E-state index in [4.69, 9.17) is 21.6 Å². The Bertz CT molecular complexity index is 2040. The Morgan fingerprint density at radius 3 is 2.45 bits per heavy atom. The SMILES string of the molecule is Cn1cc(-c2ccc(NC(=O)[C@@H]3COCCN3C(=O)[C@H](NC(=O)c3ccc(C#N)cc3)c3ccccc3)cc2)c(-c2cc(Cl)ccc2O)n1.